The third kappa shape index (κ3) is 3.93. The van der Waals surface area contributed by atoms with E-state index in [9.17, 15) is 4.79 Å². The molecule has 2 unspecified atom stereocenters. The molecule has 1 amide bonds. The Bertz CT molecular complexity index is 308. The lowest BCUT2D eigenvalue weighted by atomic mass is 9.94. The standard InChI is InChI=1S/C15H29N3O2/c1-12(2)14(10-16)15(19)18-7-5-17(6-8-18)11-13-4-3-9-20-13/h12-14H,3-11,16H2,1-2H3. The van der Waals surface area contributed by atoms with Crippen molar-refractivity contribution in [2.24, 2.45) is 17.6 Å². The first kappa shape index (κ1) is 15.7. The first-order chi connectivity index (χ1) is 9.61. The summed E-state index contributed by atoms with van der Waals surface area (Å²) >= 11 is 0. The van der Waals surface area contributed by atoms with Gasteiger partial charge in [-0.15, -0.1) is 0 Å². The molecule has 2 N–H and O–H groups in total. The lowest BCUT2D eigenvalue weighted by Gasteiger charge is -2.37. The van der Waals surface area contributed by atoms with Crippen LogP contribution in [0.25, 0.3) is 0 Å². The van der Waals surface area contributed by atoms with E-state index in [1.54, 1.807) is 0 Å². The SMILES string of the molecule is CC(C)C(CN)C(=O)N1CCN(CC2CCCO2)CC1. The molecule has 0 aromatic carbocycles. The number of carbonyl (C=O) groups excluding carboxylic acids is 1. The molecule has 2 fully saturated rings. The van der Waals surface area contributed by atoms with Gasteiger partial charge in [-0.2, -0.15) is 0 Å². The van der Waals surface area contributed by atoms with Crippen LogP contribution in [-0.2, 0) is 9.53 Å². The van der Waals surface area contributed by atoms with Crippen molar-refractivity contribution in [2.75, 3.05) is 45.9 Å². The number of hydrogen-bond acceptors (Lipinski definition) is 4. The van der Waals surface area contributed by atoms with Gasteiger partial charge in [0.15, 0.2) is 0 Å². The molecule has 2 atom stereocenters. The highest BCUT2D eigenvalue weighted by Crippen LogP contribution is 2.17. The number of ether oxygens (including phenoxy) is 1. The van der Waals surface area contributed by atoms with E-state index < -0.39 is 0 Å². The van der Waals surface area contributed by atoms with Crippen LogP contribution in [0.5, 0.6) is 0 Å². The molecular formula is C15H29N3O2. The second kappa shape index (κ2) is 7.38. The number of amides is 1. The molecule has 2 rings (SSSR count). The van der Waals surface area contributed by atoms with Crippen LogP contribution in [0, 0.1) is 11.8 Å². The molecule has 2 aliphatic rings. The monoisotopic (exact) mass is 283 g/mol. The first-order valence-corrected chi connectivity index (χ1v) is 7.94. The molecule has 5 nitrogen and oxygen atoms in total. The number of nitrogens with two attached hydrogens (primary N) is 1. The number of nitrogens with zero attached hydrogens (tertiary/aromatic N) is 2. The minimum absolute atomic E-state index is 0.0280. The van der Waals surface area contributed by atoms with Crippen molar-refractivity contribution in [3.05, 3.63) is 0 Å². The van der Waals surface area contributed by atoms with Gasteiger partial charge in [0.2, 0.25) is 5.91 Å². The Hall–Kier alpha value is -0.650. The van der Waals surface area contributed by atoms with Crippen LogP contribution in [0.3, 0.4) is 0 Å². The van der Waals surface area contributed by atoms with Gasteiger partial charge in [0.05, 0.1) is 12.0 Å². The summed E-state index contributed by atoms with van der Waals surface area (Å²) in [5, 5.41) is 0. The summed E-state index contributed by atoms with van der Waals surface area (Å²) in [6.45, 7) is 10.1. The lowest BCUT2D eigenvalue weighted by Crippen LogP contribution is -2.53. The fourth-order valence-electron chi connectivity index (χ4n) is 3.12. The van der Waals surface area contributed by atoms with E-state index >= 15 is 0 Å². The van der Waals surface area contributed by atoms with E-state index in [2.05, 4.69) is 18.7 Å². The van der Waals surface area contributed by atoms with Gasteiger partial charge in [0, 0.05) is 45.9 Å². The van der Waals surface area contributed by atoms with Gasteiger partial charge in [0.25, 0.3) is 0 Å². The zero-order valence-electron chi connectivity index (χ0n) is 12.9. The van der Waals surface area contributed by atoms with Crippen molar-refractivity contribution in [1.29, 1.82) is 0 Å². The highest BCUT2D eigenvalue weighted by Gasteiger charge is 2.29. The zero-order chi connectivity index (χ0) is 14.5. The second-order valence-electron chi connectivity index (χ2n) is 6.35. The molecule has 20 heavy (non-hydrogen) atoms. The fraction of sp³-hybridized carbons (Fsp3) is 0.933. The number of rotatable bonds is 5. The molecular weight excluding hydrogens is 254 g/mol. The number of piperazine rings is 1. The van der Waals surface area contributed by atoms with Crippen LogP contribution in [0.15, 0.2) is 0 Å². The Morgan fingerprint density at radius 2 is 2.00 bits per heavy atom. The largest absolute Gasteiger partial charge is 0.377 e. The summed E-state index contributed by atoms with van der Waals surface area (Å²) in [4.78, 5) is 16.8. The summed E-state index contributed by atoms with van der Waals surface area (Å²) in [6.07, 6.45) is 2.78. The van der Waals surface area contributed by atoms with Gasteiger partial charge >= 0.3 is 0 Å². The normalized spacial score (nSPS) is 26.2. The average molecular weight is 283 g/mol. The zero-order valence-corrected chi connectivity index (χ0v) is 12.9. The predicted octanol–water partition coefficient (Wildman–Crippen LogP) is 0.541. The minimum Gasteiger partial charge on any atom is -0.377 e. The van der Waals surface area contributed by atoms with E-state index in [1.165, 1.54) is 12.8 Å². The number of hydrogen-bond donors (Lipinski definition) is 1. The van der Waals surface area contributed by atoms with E-state index in [-0.39, 0.29) is 11.8 Å². The molecule has 0 aliphatic carbocycles. The van der Waals surface area contributed by atoms with Crippen molar-refractivity contribution in [3.63, 3.8) is 0 Å². The maximum absolute atomic E-state index is 12.4. The molecule has 2 saturated heterocycles. The summed E-state index contributed by atoms with van der Waals surface area (Å²) in [7, 11) is 0. The summed E-state index contributed by atoms with van der Waals surface area (Å²) in [6, 6.07) is 0. The van der Waals surface area contributed by atoms with Crippen LogP contribution >= 0.6 is 0 Å². The van der Waals surface area contributed by atoms with Crippen LogP contribution in [0.4, 0.5) is 0 Å². The molecule has 0 saturated carbocycles. The molecule has 0 aromatic rings. The van der Waals surface area contributed by atoms with E-state index in [1.807, 2.05) is 4.90 Å². The van der Waals surface area contributed by atoms with Crippen LogP contribution in [0.1, 0.15) is 26.7 Å². The highest BCUT2D eigenvalue weighted by atomic mass is 16.5. The van der Waals surface area contributed by atoms with Gasteiger partial charge in [-0.3, -0.25) is 9.69 Å². The Morgan fingerprint density at radius 3 is 2.50 bits per heavy atom. The predicted molar refractivity (Wildman–Crippen MR) is 79.4 cm³/mol. The molecule has 0 aromatic heterocycles. The smallest absolute Gasteiger partial charge is 0.227 e. The van der Waals surface area contributed by atoms with E-state index in [4.69, 9.17) is 10.5 Å². The second-order valence-corrected chi connectivity index (χ2v) is 6.35. The Balaban J connectivity index is 1.76. The van der Waals surface area contributed by atoms with Crippen LogP contribution in [-0.4, -0.2) is 67.7 Å². The molecule has 2 aliphatic heterocycles. The van der Waals surface area contributed by atoms with E-state index in [0.29, 0.717) is 18.6 Å². The highest BCUT2D eigenvalue weighted by molar-refractivity contribution is 5.79. The quantitative estimate of drug-likeness (QED) is 0.800. The third-order valence-corrected chi connectivity index (χ3v) is 4.55. The van der Waals surface area contributed by atoms with Gasteiger partial charge in [-0.1, -0.05) is 13.8 Å². The third-order valence-electron chi connectivity index (χ3n) is 4.55. The van der Waals surface area contributed by atoms with Gasteiger partial charge in [-0.25, -0.2) is 0 Å². The maximum Gasteiger partial charge on any atom is 0.227 e. The van der Waals surface area contributed by atoms with Gasteiger partial charge in [0.1, 0.15) is 0 Å². The fourth-order valence-corrected chi connectivity index (χ4v) is 3.12. The number of carbonyl (C=O) groups is 1. The van der Waals surface area contributed by atoms with Crippen LogP contribution in [0.2, 0.25) is 0 Å². The van der Waals surface area contributed by atoms with E-state index in [0.717, 1.165) is 39.3 Å². The van der Waals surface area contributed by atoms with Gasteiger partial charge in [-0.05, 0) is 18.8 Å². The molecule has 0 spiro atoms. The molecule has 0 bridgehead atoms. The van der Waals surface area contributed by atoms with Crippen molar-refractivity contribution in [3.8, 4) is 0 Å². The average Bonchev–Trinajstić information content (AvgIpc) is 2.92. The maximum atomic E-state index is 12.4. The lowest BCUT2D eigenvalue weighted by molar-refractivity contribution is -0.138. The topological polar surface area (TPSA) is 58.8 Å². The Kier molecular flexibility index (Phi) is 5.81. The van der Waals surface area contributed by atoms with Crippen molar-refractivity contribution in [2.45, 2.75) is 32.8 Å². The van der Waals surface area contributed by atoms with Crippen molar-refractivity contribution in [1.82, 2.24) is 9.80 Å². The van der Waals surface area contributed by atoms with Crippen LogP contribution < -0.4 is 5.73 Å². The molecule has 116 valence electrons. The van der Waals surface area contributed by atoms with Gasteiger partial charge < -0.3 is 15.4 Å². The van der Waals surface area contributed by atoms with Crippen molar-refractivity contribution >= 4 is 5.91 Å². The molecule has 2 heterocycles. The molecule has 5 heteroatoms. The first-order valence-electron chi connectivity index (χ1n) is 7.94. The Morgan fingerprint density at radius 1 is 1.30 bits per heavy atom. The minimum atomic E-state index is -0.0280. The summed E-state index contributed by atoms with van der Waals surface area (Å²) in [5.41, 5.74) is 5.74. The summed E-state index contributed by atoms with van der Waals surface area (Å²) < 4.78 is 5.68. The van der Waals surface area contributed by atoms with Crippen molar-refractivity contribution < 1.29 is 9.53 Å². The Labute approximate surface area is 122 Å². The summed E-state index contributed by atoms with van der Waals surface area (Å²) in [5.74, 6) is 0.524. The molecule has 0 radical (unpaired) electrons.